The van der Waals surface area contributed by atoms with E-state index in [-0.39, 0.29) is 5.91 Å². The topological polar surface area (TPSA) is 38.3 Å². The summed E-state index contributed by atoms with van der Waals surface area (Å²) < 4.78 is 6.77. The highest BCUT2D eigenvalue weighted by molar-refractivity contribution is 6.03. The van der Waals surface area contributed by atoms with Gasteiger partial charge in [-0.25, -0.2) is 0 Å². The number of allylic oxidation sites excluding steroid dienone is 4. The zero-order valence-electron chi connectivity index (χ0n) is 15.4. The highest BCUT2D eigenvalue weighted by Gasteiger charge is 2.47. The van der Waals surface area contributed by atoms with Crippen LogP contribution in [0.1, 0.15) is 46.5 Å². The highest BCUT2D eigenvalue weighted by Crippen LogP contribution is 2.51. The van der Waals surface area contributed by atoms with Gasteiger partial charge in [0.2, 0.25) is 0 Å². The predicted octanol–water partition coefficient (Wildman–Crippen LogP) is 4.42. The number of hydrogen-bond acceptors (Lipinski definition) is 2. The summed E-state index contributed by atoms with van der Waals surface area (Å²) in [5, 5.41) is 3.12. The van der Waals surface area contributed by atoms with Crippen molar-refractivity contribution in [1.82, 2.24) is 5.32 Å². The maximum absolute atomic E-state index is 12.7. The third-order valence-corrected chi connectivity index (χ3v) is 6.03. The molecule has 2 aliphatic heterocycles. The molecule has 1 atom stereocenters. The second kappa shape index (κ2) is 4.67. The Hall–Kier alpha value is -2.81. The number of fused-ring (bicyclic) bond motifs is 3. The minimum atomic E-state index is -0.603. The Balaban J connectivity index is 1.86. The Morgan fingerprint density at radius 3 is 2.58 bits per heavy atom. The van der Waals surface area contributed by atoms with Gasteiger partial charge in [-0.3, -0.25) is 4.79 Å². The van der Waals surface area contributed by atoms with Crippen LogP contribution < -0.4 is 10.1 Å². The van der Waals surface area contributed by atoms with E-state index in [0.717, 1.165) is 44.7 Å². The maximum atomic E-state index is 12.7. The van der Waals surface area contributed by atoms with Crippen molar-refractivity contribution in [3.8, 4) is 5.75 Å². The van der Waals surface area contributed by atoms with Crippen LogP contribution in [-0.4, -0.2) is 11.5 Å². The molecule has 4 aliphatic rings. The van der Waals surface area contributed by atoms with Gasteiger partial charge in [0.05, 0.1) is 11.1 Å². The lowest BCUT2D eigenvalue weighted by Gasteiger charge is -2.42. The molecule has 130 valence electrons. The molecule has 2 aliphatic carbocycles. The summed E-state index contributed by atoms with van der Waals surface area (Å²) in [7, 11) is 0. The molecule has 0 radical (unpaired) electrons. The fourth-order valence-corrected chi connectivity index (χ4v) is 4.58. The van der Waals surface area contributed by atoms with Gasteiger partial charge >= 0.3 is 0 Å². The van der Waals surface area contributed by atoms with Gasteiger partial charge in [0.15, 0.2) is 5.60 Å². The van der Waals surface area contributed by atoms with Crippen LogP contribution in [0.3, 0.4) is 0 Å². The average molecular weight is 343 g/mol. The first kappa shape index (κ1) is 15.4. The molecule has 1 unspecified atom stereocenters. The molecule has 1 amide bonds. The lowest BCUT2D eigenvalue weighted by molar-refractivity contribution is 0.0939. The zero-order valence-corrected chi connectivity index (χ0v) is 15.4. The van der Waals surface area contributed by atoms with Crippen molar-refractivity contribution in [2.24, 2.45) is 0 Å². The summed E-state index contributed by atoms with van der Waals surface area (Å²) in [6.45, 7) is 8.19. The Morgan fingerprint density at radius 2 is 1.77 bits per heavy atom. The minimum absolute atomic E-state index is 0.0114. The largest absolute Gasteiger partial charge is 0.473 e. The predicted molar refractivity (Wildman–Crippen MR) is 103 cm³/mol. The summed E-state index contributed by atoms with van der Waals surface area (Å²) in [4.78, 5) is 12.7. The van der Waals surface area contributed by atoms with Crippen LogP contribution in [0.4, 0.5) is 0 Å². The van der Waals surface area contributed by atoms with E-state index in [1.165, 1.54) is 0 Å². The molecule has 0 aromatic heterocycles. The number of benzene rings is 1. The number of carbonyl (C=O) groups excluding carboxylic acids is 1. The van der Waals surface area contributed by atoms with Gasteiger partial charge in [0, 0.05) is 22.3 Å². The third-order valence-electron chi connectivity index (χ3n) is 6.03. The molecule has 0 saturated heterocycles. The second-order valence-corrected chi connectivity index (χ2v) is 7.96. The Labute approximate surface area is 153 Å². The molecule has 0 bridgehead atoms. The summed E-state index contributed by atoms with van der Waals surface area (Å²) in [5.41, 5.74) is 6.14. The Bertz CT molecular complexity index is 1050. The molecule has 0 fully saturated rings. The highest BCUT2D eigenvalue weighted by atomic mass is 16.5. The first-order chi connectivity index (χ1) is 12.3. The summed E-state index contributed by atoms with van der Waals surface area (Å²) in [5.74, 6) is 0.819. The van der Waals surface area contributed by atoms with Crippen molar-refractivity contribution in [2.75, 3.05) is 0 Å². The first-order valence-corrected chi connectivity index (χ1v) is 9.01. The van der Waals surface area contributed by atoms with Gasteiger partial charge in [-0.1, -0.05) is 36.5 Å². The molecule has 5 rings (SSSR count). The van der Waals surface area contributed by atoms with E-state index >= 15 is 0 Å². The van der Waals surface area contributed by atoms with Crippen molar-refractivity contribution in [1.29, 1.82) is 0 Å². The summed E-state index contributed by atoms with van der Waals surface area (Å²) in [6.07, 6.45) is 16.8. The molecule has 1 spiro atoms. The second-order valence-electron chi connectivity index (χ2n) is 7.96. The quantitative estimate of drug-likeness (QED) is 0.757. The van der Waals surface area contributed by atoms with Crippen LogP contribution in [0, 0.1) is 13.8 Å². The van der Waals surface area contributed by atoms with Gasteiger partial charge < -0.3 is 10.1 Å². The van der Waals surface area contributed by atoms with Crippen molar-refractivity contribution in [3.63, 3.8) is 0 Å². The Kier molecular flexibility index (Phi) is 2.77. The summed E-state index contributed by atoms with van der Waals surface area (Å²) in [6, 6.07) is 0. The van der Waals surface area contributed by atoms with Gasteiger partial charge in [-0.05, 0) is 51.0 Å². The van der Waals surface area contributed by atoms with E-state index in [2.05, 4.69) is 48.7 Å². The van der Waals surface area contributed by atoms with E-state index in [4.69, 9.17) is 4.74 Å². The standard InChI is InChI=1S/C23H21NO2/c1-13-14(2)18-19(22(3,4)24-21(18)25)20-17(13)12-16-10-7-9-15-8-5-6-11-23(15,16)26-20/h5-12H,1-4H3,(H,24,25). The molecule has 1 aromatic carbocycles. The zero-order chi connectivity index (χ0) is 18.3. The van der Waals surface area contributed by atoms with E-state index in [1.54, 1.807) is 0 Å². The van der Waals surface area contributed by atoms with Crippen molar-refractivity contribution < 1.29 is 9.53 Å². The number of amides is 1. The van der Waals surface area contributed by atoms with E-state index in [9.17, 15) is 4.79 Å². The van der Waals surface area contributed by atoms with Crippen LogP contribution in [-0.2, 0) is 5.54 Å². The molecule has 1 aromatic rings. The smallest absolute Gasteiger partial charge is 0.252 e. The first-order valence-electron chi connectivity index (χ1n) is 9.01. The number of hydrogen-bond donors (Lipinski definition) is 1. The lowest BCUT2D eigenvalue weighted by atomic mass is 9.75. The van der Waals surface area contributed by atoms with Gasteiger partial charge in [0.1, 0.15) is 5.75 Å². The SMILES string of the molecule is Cc1c(C)c2c(c3c1C=C1C=CC=C4C=CC=CC41O3)C(C)(C)NC2=O. The van der Waals surface area contributed by atoms with Crippen LogP contribution in [0.5, 0.6) is 5.75 Å². The Morgan fingerprint density at radius 1 is 1.00 bits per heavy atom. The van der Waals surface area contributed by atoms with E-state index in [1.807, 2.05) is 32.9 Å². The van der Waals surface area contributed by atoms with Crippen molar-refractivity contribution in [3.05, 3.63) is 81.5 Å². The molecular formula is C23H21NO2. The minimum Gasteiger partial charge on any atom is -0.473 e. The molecule has 2 heterocycles. The monoisotopic (exact) mass is 343 g/mol. The number of ether oxygens (including phenoxy) is 1. The van der Waals surface area contributed by atoms with E-state index < -0.39 is 11.1 Å². The maximum Gasteiger partial charge on any atom is 0.252 e. The van der Waals surface area contributed by atoms with Crippen LogP contribution in [0.25, 0.3) is 6.08 Å². The van der Waals surface area contributed by atoms with E-state index in [0.29, 0.717) is 0 Å². The molecule has 3 heteroatoms. The lowest BCUT2D eigenvalue weighted by Crippen LogP contribution is -2.42. The van der Waals surface area contributed by atoms with Crippen LogP contribution in [0.15, 0.2) is 53.7 Å². The van der Waals surface area contributed by atoms with Crippen molar-refractivity contribution >= 4 is 12.0 Å². The molecule has 3 nitrogen and oxygen atoms in total. The molecule has 0 saturated carbocycles. The molecule has 26 heavy (non-hydrogen) atoms. The van der Waals surface area contributed by atoms with Gasteiger partial charge in [-0.2, -0.15) is 0 Å². The molecule has 1 N–H and O–H groups in total. The number of carbonyl (C=O) groups is 1. The van der Waals surface area contributed by atoms with Gasteiger partial charge in [0.25, 0.3) is 5.91 Å². The van der Waals surface area contributed by atoms with Crippen LogP contribution >= 0.6 is 0 Å². The average Bonchev–Trinajstić information content (AvgIpc) is 2.85. The number of nitrogens with one attached hydrogen (secondary N) is 1. The van der Waals surface area contributed by atoms with Crippen molar-refractivity contribution in [2.45, 2.75) is 38.8 Å². The van der Waals surface area contributed by atoms with Gasteiger partial charge in [-0.15, -0.1) is 0 Å². The normalized spacial score (nSPS) is 26.1. The fourth-order valence-electron chi connectivity index (χ4n) is 4.58. The summed E-state index contributed by atoms with van der Waals surface area (Å²) >= 11 is 0. The molecular weight excluding hydrogens is 322 g/mol. The third kappa shape index (κ3) is 1.70. The van der Waals surface area contributed by atoms with Crippen LogP contribution in [0.2, 0.25) is 0 Å². The fraction of sp³-hybridized carbons (Fsp3) is 0.261. The number of rotatable bonds is 0.